The summed E-state index contributed by atoms with van der Waals surface area (Å²) in [4.78, 5) is 0. The van der Waals surface area contributed by atoms with E-state index >= 15 is 0 Å². The minimum Gasteiger partial charge on any atom is -0.508 e. The largest absolute Gasteiger partial charge is 0.508 e. The highest BCUT2D eigenvalue weighted by Crippen LogP contribution is 2.34. The number of rotatable bonds is 3. The van der Waals surface area contributed by atoms with Gasteiger partial charge in [0, 0.05) is 5.92 Å². The molecule has 0 heterocycles. The summed E-state index contributed by atoms with van der Waals surface area (Å²) < 4.78 is 0. The van der Waals surface area contributed by atoms with Crippen molar-refractivity contribution in [1.29, 1.82) is 0 Å². The van der Waals surface area contributed by atoms with Gasteiger partial charge in [0.1, 0.15) is 34.5 Å². The molecule has 6 rings (SSSR count). The molecule has 218 valence electrons. The van der Waals surface area contributed by atoms with Gasteiger partial charge in [0.05, 0.1) is 0 Å². The normalized spacial score (nSPS) is 9.70. The lowest BCUT2D eigenvalue weighted by molar-refractivity contribution is 0.474. The van der Waals surface area contributed by atoms with Crippen molar-refractivity contribution in [2.75, 3.05) is 0 Å². The Labute approximate surface area is 251 Å². The lowest BCUT2D eigenvalue weighted by Crippen LogP contribution is -2.03. The molecule has 6 N–H and O–H groups in total. The molecule has 0 spiro atoms. The Hall–Kier alpha value is -5.88. The van der Waals surface area contributed by atoms with E-state index in [1.54, 1.807) is 109 Å². The summed E-state index contributed by atoms with van der Waals surface area (Å²) in [7, 11) is 0. The average Bonchev–Trinajstić information content (AvgIpc) is 3.02. The van der Waals surface area contributed by atoms with Crippen molar-refractivity contribution < 1.29 is 30.6 Å². The van der Waals surface area contributed by atoms with Crippen LogP contribution in [0.3, 0.4) is 0 Å². The van der Waals surface area contributed by atoms with Crippen molar-refractivity contribution >= 4 is 0 Å². The van der Waals surface area contributed by atoms with Gasteiger partial charge < -0.3 is 30.6 Å². The number of para-hydroxylation sites is 3. The fourth-order valence-electron chi connectivity index (χ4n) is 3.86. The molecule has 0 saturated heterocycles. The highest BCUT2D eigenvalue weighted by molar-refractivity contribution is 5.46. The topological polar surface area (TPSA) is 121 Å². The first kappa shape index (κ1) is 31.6. The zero-order valence-electron chi connectivity index (χ0n) is 23.3. The zero-order valence-corrected chi connectivity index (χ0v) is 23.3. The molecule has 6 aromatic rings. The Balaban J connectivity index is 0.000000194. The zero-order chi connectivity index (χ0) is 30.9. The fraction of sp³-hybridized carbons (Fsp3) is 0.0270. The van der Waals surface area contributed by atoms with Crippen molar-refractivity contribution in [3.63, 3.8) is 0 Å². The van der Waals surface area contributed by atoms with Crippen LogP contribution in [0.25, 0.3) is 0 Å². The van der Waals surface area contributed by atoms with Crippen LogP contribution >= 0.6 is 0 Å². The number of hydrogen-bond acceptors (Lipinski definition) is 6. The summed E-state index contributed by atoms with van der Waals surface area (Å²) in [5, 5.41) is 54.4. The van der Waals surface area contributed by atoms with Gasteiger partial charge in [0.2, 0.25) is 0 Å². The minimum absolute atomic E-state index is 0.0400. The molecule has 6 nitrogen and oxygen atoms in total. The van der Waals surface area contributed by atoms with Gasteiger partial charge in [-0.2, -0.15) is 0 Å². The van der Waals surface area contributed by atoms with Gasteiger partial charge >= 0.3 is 0 Å². The summed E-state index contributed by atoms with van der Waals surface area (Å²) in [5.41, 5.74) is 3.07. The fourth-order valence-corrected chi connectivity index (χ4v) is 3.86. The Kier molecular flexibility index (Phi) is 12.5. The molecule has 0 atom stereocenters. The molecule has 0 amide bonds. The second-order valence-electron chi connectivity index (χ2n) is 9.21. The Bertz CT molecular complexity index is 1370. The Morgan fingerprint density at radius 1 is 0.233 bits per heavy atom. The van der Waals surface area contributed by atoms with Gasteiger partial charge in [-0.1, -0.05) is 91.0 Å². The quantitative estimate of drug-likeness (QED) is 0.119. The highest BCUT2D eigenvalue weighted by atomic mass is 16.3. The molecule has 0 radical (unpaired) electrons. The van der Waals surface area contributed by atoms with Crippen LogP contribution in [0.1, 0.15) is 22.6 Å². The number of phenolic OH excluding ortho intramolecular Hbond substituents is 6. The van der Waals surface area contributed by atoms with E-state index in [9.17, 15) is 15.3 Å². The second-order valence-corrected chi connectivity index (χ2v) is 9.21. The van der Waals surface area contributed by atoms with Crippen molar-refractivity contribution in [3.05, 3.63) is 180 Å². The molecule has 6 heteroatoms. The molecule has 0 bridgehead atoms. The molecular formula is C37H34O6. The summed E-state index contributed by atoms with van der Waals surface area (Å²) in [5.74, 6) is 1.59. The van der Waals surface area contributed by atoms with Gasteiger partial charge in [-0.25, -0.2) is 0 Å². The molecule has 43 heavy (non-hydrogen) atoms. The molecule has 0 aromatic heterocycles. The standard InChI is InChI=1S/C19H16O3.3C6H6O/c20-16-7-1-13(2-8-16)19(14-3-9-17(21)10-4-14)15-5-11-18(22)12-6-15;3*7-6-4-2-1-3-5-6/h1-12,19-22H;3*1-5,7H. The maximum absolute atomic E-state index is 9.49. The lowest BCUT2D eigenvalue weighted by Gasteiger charge is -2.19. The summed E-state index contributed by atoms with van der Waals surface area (Å²) in [6.45, 7) is 0. The predicted octanol–water partition coefficient (Wildman–Crippen LogP) is 8.16. The van der Waals surface area contributed by atoms with Crippen LogP contribution in [0.5, 0.6) is 34.5 Å². The Morgan fingerprint density at radius 2 is 0.419 bits per heavy atom. The van der Waals surface area contributed by atoms with E-state index < -0.39 is 0 Å². The van der Waals surface area contributed by atoms with Crippen LogP contribution < -0.4 is 0 Å². The maximum Gasteiger partial charge on any atom is 0.115 e. The smallest absolute Gasteiger partial charge is 0.115 e. The van der Waals surface area contributed by atoms with Gasteiger partial charge in [0.25, 0.3) is 0 Å². The van der Waals surface area contributed by atoms with E-state index in [0.717, 1.165) is 16.7 Å². The highest BCUT2D eigenvalue weighted by Gasteiger charge is 2.17. The number of hydrogen-bond donors (Lipinski definition) is 6. The molecule has 0 aliphatic carbocycles. The SMILES string of the molecule is Oc1ccc(C(c2ccc(O)cc2)c2ccc(O)cc2)cc1.Oc1ccccc1.Oc1ccccc1.Oc1ccccc1. The second kappa shape index (κ2) is 17.0. The number of phenols is 6. The lowest BCUT2D eigenvalue weighted by atomic mass is 9.85. The minimum atomic E-state index is -0.0400. The van der Waals surface area contributed by atoms with E-state index in [2.05, 4.69) is 0 Å². The van der Waals surface area contributed by atoms with Gasteiger partial charge in [0.15, 0.2) is 0 Å². The maximum atomic E-state index is 9.49. The van der Waals surface area contributed by atoms with Gasteiger partial charge in [-0.15, -0.1) is 0 Å². The van der Waals surface area contributed by atoms with Gasteiger partial charge in [-0.05, 0) is 89.5 Å². The molecule has 6 aromatic carbocycles. The molecule has 0 aliphatic rings. The van der Waals surface area contributed by atoms with Crippen LogP contribution in [0.15, 0.2) is 164 Å². The predicted molar refractivity (Wildman–Crippen MR) is 170 cm³/mol. The Morgan fingerprint density at radius 3 is 0.581 bits per heavy atom. The van der Waals surface area contributed by atoms with Crippen LogP contribution in [-0.2, 0) is 0 Å². The van der Waals surface area contributed by atoms with Crippen molar-refractivity contribution in [2.45, 2.75) is 5.92 Å². The van der Waals surface area contributed by atoms with Crippen LogP contribution in [0.2, 0.25) is 0 Å². The van der Waals surface area contributed by atoms with Crippen LogP contribution in [0, 0.1) is 0 Å². The van der Waals surface area contributed by atoms with E-state index in [1.165, 1.54) is 0 Å². The summed E-state index contributed by atoms with van der Waals surface area (Å²) in [6.07, 6.45) is 0. The third kappa shape index (κ3) is 11.6. The van der Waals surface area contributed by atoms with E-state index in [0.29, 0.717) is 17.2 Å². The molecular weight excluding hydrogens is 540 g/mol. The van der Waals surface area contributed by atoms with Crippen molar-refractivity contribution in [2.24, 2.45) is 0 Å². The van der Waals surface area contributed by atoms with Crippen LogP contribution in [-0.4, -0.2) is 30.6 Å². The van der Waals surface area contributed by atoms with Crippen LogP contribution in [0.4, 0.5) is 0 Å². The van der Waals surface area contributed by atoms with E-state index in [-0.39, 0.29) is 23.2 Å². The monoisotopic (exact) mass is 574 g/mol. The van der Waals surface area contributed by atoms with Crippen molar-refractivity contribution in [1.82, 2.24) is 0 Å². The van der Waals surface area contributed by atoms with E-state index in [1.807, 2.05) is 54.6 Å². The first-order valence-electron chi connectivity index (χ1n) is 13.4. The first-order valence-corrected chi connectivity index (χ1v) is 13.4. The number of benzene rings is 6. The number of aromatic hydroxyl groups is 6. The van der Waals surface area contributed by atoms with E-state index in [4.69, 9.17) is 15.3 Å². The summed E-state index contributed by atoms with van der Waals surface area (Å²) >= 11 is 0. The molecule has 0 saturated carbocycles. The average molecular weight is 575 g/mol. The summed E-state index contributed by atoms with van der Waals surface area (Å²) in [6, 6.07) is 47.3. The van der Waals surface area contributed by atoms with Crippen molar-refractivity contribution in [3.8, 4) is 34.5 Å². The molecule has 0 unspecified atom stereocenters. The molecule has 0 fully saturated rings. The van der Waals surface area contributed by atoms with Gasteiger partial charge in [-0.3, -0.25) is 0 Å². The third-order valence-electron chi connectivity index (χ3n) is 5.95. The first-order chi connectivity index (χ1) is 20.8. The third-order valence-corrected chi connectivity index (χ3v) is 5.95. The molecule has 0 aliphatic heterocycles.